The normalized spacial score (nSPS) is 16.6. The maximum Gasteiger partial charge on any atom is 0.261 e. The first-order valence-electron chi connectivity index (χ1n) is 7.05. The Morgan fingerprint density at radius 1 is 1.33 bits per heavy atom. The van der Waals surface area contributed by atoms with Crippen molar-refractivity contribution in [3.8, 4) is 0 Å². The molecule has 6 heteroatoms. The van der Waals surface area contributed by atoms with Crippen LogP contribution in [0.3, 0.4) is 0 Å². The van der Waals surface area contributed by atoms with E-state index in [1.165, 1.54) is 18.9 Å². The molecule has 1 saturated carbocycles. The van der Waals surface area contributed by atoms with Crippen LogP contribution in [0.15, 0.2) is 17.0 Å². The van der Waals surface area contributed by atoms with Crippen molar-refractivity contribution < 1.29 is 13.2 Å². The van der Waals surface area contributed by atoms with Crippen LogP contribution in [0.5, 0.6) is 0 Å². The molecule has 1 aliphatic carbocycles. The second-order valence-electron chi connectivity index (χ2n) is 5.92. The highest BCUT2D eigenvalue weighted by atomic mass is 35.7. The third kappa shape index (κ3) is 4.20. The summed E-state index contributed by atoms with van der Waals surface area (Å²) in [6, 6.07) is 3.13. The Hall–Kier alpha value is -1.07. The minimum absolute atomic E-state index is 0.00485. The number of halogens is 1. The van der Waals surface area contributed by atoms with Crippen LogP contribution in [0.2, 0.25) is 0 Å². The Labute approximate surface area is 130 Å². The first-order valence-corrected chi connectivity index (χ1v) is 9.36. The molecular weight excluding hydrogens is 310 g/mol. The molecule has 1 N–H and O–H groups in total. The summed E-state index contributed by atoms with van der Waals surface area (Å²) in [7, 11) is 1.56. The largest absolute Gasteiger partial charge is 0.350 e. The van der Waals surface area contributed by atoms with Gasteiger partial charge in [0.2, 0.25) is 0 Å². The lowest BCUT2D eigenvalue weighted by molar-refractivity contribution is 0.0936. The molecule has 1 aromatic rings. The number of amides is 1. The summed E-state index contributed by atoms with van der Waals surface area (Å²) < 4.78 is 23.1. The highest BCUT2D eigenvalue weighted by Crippen LogP contribution is 2.33. The van der Waals surface area contributed by atoms with Gasteiger partial charge in [0, 0.05) is 22.3 Å². The van der Waals surface area contributed by atoms with Gasteiger partial charge in [-0.2, -0.15) is 0 Å². The summed E-state index contributed by atoms with van der Waals surface area (Å²) >= 11 is 0. The molecule has 0 bridgehead atoms. The summed E-state index contributed by atoms with van der Waals surface area (Å²) in [5.41, 5.74) is 1.65. The van der Waals surface area contributed by atoms with Crippen LogP contribution in [-0.2, 0) is 9.05 Å². The van der Waals surface area contributed by atoms with Gasteiger partial charge < -0.3 is 5.32 Å². The van der Waals surface area contributed by atoms with Gasteiger partial charge in [-0.1, -0.05) is 18.9 Å². The average Bonchev–Trinajstić information content (AvgIpc) is 3.10. The topological polar surface area (TPSA) is 63.2 Å². The lowest BCUT2D eigenvalue weighted by Gasteiger charge is -2.15. The molecule has 116 valence electrons. The van der Waals surface area contributed by atoms with Gasteiger partial charge in [0.1, 0.15) is 0 Å². The molecule has 2 rings (SSSR count). The van der Waals surface area contributed by atoms with Crippen LogP contribution in [0.1, 0.15) is 47.7 Å². The molecule has 1 aromatic carbocycles. The van der Waals surface area contributed by atoms with E-state index in [0.717, 1.165) is 17.9 Å². The van der Waals surface area contributed by atoms with Crippen LogP contribution in [0.4, 0.5) is 0 Å². The van der Waals surface area contributed by atoms with Gasteiger partial charge in [-0.05, 0) is 50.3 Å². The molecule has 4 nitrogen and oxygen atoms in total. The minimum atomic E-state index is -3.85. The molecule has 0 aromatic heterocycles. The van der Waals surface area contributed by atoms with Gasteiger partial charge in [0.25, 0.3) is 15.0 Å². The van der Waals surface area contributed by atoms with Crippen molar-refractivity contribution in [3.63, 3.8) is 0 Å². The van der Waals surface area contributed by atoms with Crippen molar-refractivity contribution in [2.45, 2.75) is 51.0 Å². The Morgan fingerprint density at radius 3 is 2.48 bits per heavy atom. The highest BCUT2D eigenvalue weighted by Gasteiger charge is 2.25. The number of nitrogens with one attached hydrogen (secondary N) is 1. The van der Waals surface area contributed by atoms with Crippen LogP contribution < -0.4 is 5.32 Å². The van der Waals surface area contributed by atoms with E-state index in [1.54, 1.807) is 19.9 Å². The molecule has 0 spiro atoms. The lowest BCUT2D eigenvalue weighted by Crippen LogP contribution is -2.33. The summed E-state index contributed by atoms with van der Waals surface area (Å²) in [4.78, 5) is 12.3. The van der Waals surface area contributed by atoms with Gasteiger partial charge >= 0.3 is 0 Å². The smallest absolute Gasteiger partial charge is 0.261 e. The highest BCUT2D eigenvalue weighted by molar-refractivity contribution is 8.13. The van der Waals surface area contributed by atoms with E-state index in [2.05, 4.69) is 5.32 Å². The number of carbonyl (C=O) groups excluding carboxylic acids is 1. The molecule has 0 saturated heterocycles. The number of aryl methyl sites for hydroxylation is 2. The van der Waals surface area contributed by atoms with Gasteiger partial charge in [-0.25, -0.2) is 8.42 Å². The van der Waals surface area contributed by atoms with E-state index >= 15 is 0 Å². The molecular formula is C15H20ClNO3S. The summed E-state index contributed by atoms with van der Waals surface area (Å²) in [6.45, 7) is 5.43. The predicted molar refractivity (Wildman–Crippen MR) is 83.2 cm³/mol. The Bertz CT molecular complexity index is 666. The van der Waals surface area contributed by atoms with Crippen LogP contribution in [0, 0.1) is 19.8 Å². The third-order valence-corrected chi connectivity index (χ3v) is 5.25. The van der Waals surface area contributed by atoms with E-state index in [0.29, 0.717) is 11.1 Å². The van der Waals surface area contributed by atoms with Crippen molar-refractivity contribution in [1.82, 2.24) is 5.32 Å². The summed E-state index contributed by atoms with van der Waals surface area (Å²) in [6.07, 6.45) is 3.44. The first kappa shape index (κ1) is 16.3. The van der Waals surface area contributed by atoms with E-state index < -0.39 is 9.05 Å². The lowest BCUT2D eigenvalue weighted by atomic mass is 10.0. The molecule has 0 heterocycles. The Balaban J connectivity index is 2.23. The molecule has 0 aliphatic heterocycles. The molecule has 1 fully saturated rings. The predicted octanol–water partition coefficient (Wildman–Crippen LogP) is 3.15. The van der Waals surface area contributed by atoms with Crippen molar-refractivity contribution in [1.29, 1.82) is 0 Å². The summed E-state index contributed by atoms with van der Waals surface area (Å²) in [5.74, 6) is 0.473. The zero-order chi connectivity index (χ0) is 15.8. The van der Waals surface area contributed by atoms with Gasteiger partial charge in [-0.15, -0.1) is 0 Å². The fourth-order valence-corrected chi connectivity index (χ4v) is 3.75. The van der Waals surface area contributed by atoms with Crippen LogP contribution in [0.25, 0.3) is 0 Å². The zero-order valence-corrected chi connectivity index (χ0v) is 14.0. The average molecular weight is 330 g/mol. The summed E-state index contributed by atoms with van der Waals surface area (Å²) in [5, 5.41) is 2.93. The van der Waals surface area contributed by atoms with Gasteiger partial charge in [-0.3, -0.25) is 4.79 Å². The van der Waals surface area contributed by atoms with E-state index in [9.17, 15) is 13.2 Å². The molecule has 1 atom stereocenters. The second-order valence-corrected chi connectivity index (χ2v) is 8.46. The molecule has 0 radical (unpaired) electrons. The fraction of sp³-hybridized carbons (Fsp3) is 0.533. The van der Waals surface area contributed by atoms with Crippen molar-refractivity contribution in [3.05, 3.63) is 28.8 Å². The van der Waals surface area contributed by atoms with Crippen molar-refractivity contribution >= 4 is 25.6 Å². The second kappa shape index (κ2) is 5.97. The number of hydrogen-bond acceptors (Lipinski definition) is 3. The standard InChI is InChI=1S/C15H20ClNO3S/c1-9-6-10(2)14(21(16,19)20)8-13(9)15(18)17-11(3)7-12-4-5-12/h6,8,11-12H,4-5,7H2,1-3H3,(H,17,18). The van der Waals surface area contributed by atoms with Crippen molar-refractivity contribution in [2.24, 2.45) is 5.92 Å². The fourth-order valence-electron chi connectivity index (χ4n) is 2.55. The Kier molecular flexibility index (Phi) is 4.63. The Morgan fingerprint density at radius 2 is 1.95 bits per heavy atom. The monoisotopic (exact) mass is 329 g/mol. The first-order chi connectivity index (χ1) is 9.68. The van der Waals surface area contributed by atoms with E-state index in [4.69, 9.17) is 10.7 Å². The van der Waals surface area contributed by atoms with E-state index in [1.807, 2.05) is 6.92 Å². The SMILES string of the molecule is Cc1cc(C)c(S(=O)(=O)Cl)cc1C(=O)NC(C)CC1CC1. The quantitative estimate of drug-likeness (QED) is 0.844. The molecule has 21 heavy (non-hydrogen) atoms. The minimum Gasteiger partial charge on any atom is -0.350 e. The maximum atomic E-state index is 12.3. The van der Waals surface area contributed by atoms with Gasteiger partial charge in [0.05, 0.1) is 4.90 Å². The van der Waals surface area contributed by atoms with Crippen LogP contribution >= 0.6 is 10.7 Å². The number of hydrogen-bond donors (Lipinski definition) is 1. The van der Waals surface area contributed by atoms with Crippen molar-refractivity contribution in [2.75, 3.05) is 0 Å². The van der Waals surface area contributed by atoms with Gasteiger partial charge in [0.15, 0.2) is 0 Å². The van der Waals surface area contributed by atoms with E-state index in [-0.39, 0.29) is 16.8 Å². The number of rotatable bonds is 5. The number of carbonyl (C=O) groups is 1. The van der Waals surface area contributed by atoms with Crippen LogP contribution in [-0.4, -0.2) is 20.4 Å². The zero-order valence-electron chi connectivity index (χ0n) is 12.4. The number of benzene rings is 1. The molecule has 1 amide bonds. The molecule has 1 unspecified atom stereocenters. The maximum absolute atomic E-state index is 12.3. The molecule has 1 aliphatic rings. The third-order valence-electron chi connectivity index (χ3n) is 3.79.